The molecule has 2 aliphatic rings. The number of anilines is 1. The summed E-state index contributed by atoms with van der Waals surface area (Å²) < 4.78 is 12.0. The number of carbonyl (C=O) groups excluding carboxylic acids is 1. The molecule has 0 saturated carbocycles. The predicted molar refractivity (Wildman–Crippen MR) is 143 cm³/mol. The second-order valence-electron chi connectivity index (χ2n) is 8.58. The normalized spacial score (nSPS) is 16.1. The molecule has 2 aromatic rings. The number of likely N-dealkylation sites (N-methyl/N-ethyl adjacent to an activating group) is 1. The minimum atomic E-state index is -0.306. The first-order valence-corrected chi connectivity index (χ1v) is 12.8. The number of allylic oxidation sites excluding steroid dienone is 1. The maximum Gasteiger partial charge on any atom is 0.338 e. The van der Waals surface area contributed by atoms with E-state index in [-0.39, 0.29) is 12.1 Å². The van der Waals surface area contributed by atoms with Crippen LogP contribution in [0.3, 0.4) is 0 Å². The van der Waals surface area contributed by atoms with Crippen molar-refractivity contribution in [3.05, 3.63) is 88.7 Å². The zero-order valence-corrected chi connectivity index (χ0v) is 21.5. The molecule has 1 atom stereocenters. The van der Waals surface area contributed by atoms with E-state index in [0.29, 0.717) is 12.2 Å². The molecule has 0 saturated heterocycles. The molecular formula is C30H36N2O3. The van der Waals surface area contributed by atoms with E-state index in [1.807, 2.05) is 31.2 Å². The van der Waals surface area contributed by atoms with Crippen LogP contribution in [0.5, 0.6) is 5.75 Å². The lowest BCUT2D eigenvalue weighted by Gasteiger charge is -2.34. The van der Waals surface area contributed by atoms with E-state index < -0.39 is 0 Å². The number of fused-ring (bicyclic) bond motifs is 2. The van der Waals surface area contributed by atoms with Gasteiger partial charge >= 0.3 is 5.97 Å². The van der Waals surface area contributed by atoms with Crippen LogP contribution in [0.15, 0.2) is 72.0 Å². The number of ether oxygens (including phenoxy) is 2. The zero-order valence-electron chi connectivity index (χ0n) is 21.5. The minimum Gasteiger partial charge on any atom is -0.481 e. The fraction of sp³-hybridized carbons (Fsp3) is 0.367. The molecule has 5 heteroatoms. The van der Waals surface area contributed by atoms with Crippen molar-refractivity contribution in [3.63, 3.8) is 0 Å². The summed E-state index contributed by atoms with van der Waals surface area (Å²) in [5.74, 6) is 0.530. The Morgan fingerprint density at radius 2 is 1.60 bits per heavy atom. The summed E-state index contributed by atoms with van der Waals surface area (Å²) in [6, 6.07) is 14.1. The number of carbonyl (C=O) groups is 1. The standard InChI is InChI=1S/C30H36N2O3/c1-6-31(7-2)21-15-17-25-27(19-21)35-28-20-22(32(8-3)9-4)16-18-26(28)29(25)23-13-11-12-14-24(23)30(33)34-10-5/h11-20,27H,6-10H2,1-5H3. The van der Waals surface area contributed by atoms with Gasteiger partial charge in [0, 0.05) is 60.3 Å². The van der Waals surface area contributed by atoms with E-state index in [1.165, 1.54) is 0 Å². The van der Waals surface area contributed by atoms with E-state index in [2.05, 4.69) is 73.9 Å². The molecule has 0 N–H and O–H groups in total. The summed E-state index contributed by atoms with van der Waals surface area (Å²) >= 11 is 0. The van der Waals surface area contributed by atoms with Crippen molar-refractivity contribution in [3.8, 4) is 5.75 Å². The second-order valence-corrected chi connectivity index (χ2v) is 8.58. The van der Waals surface area contributed by atoms with Crippen LogP contribution < -0.4 is 9.64 Å². The number of rotatable bonds is 9. The van der Waals surface area contributed by atoms with Crippen LogP contribution in [0.4, 0.5) is 5.69 Å². The zero-order chi connectivity index (χ0) is 24.9. The third kappa shape index (κ3) is 4.72. The SMILES string of the molecule is CCOC(=O)c1ccccc1C1=C2C=CC(N(CC)CC)=CC2Oc2cc(N(CC)CC)ccc21. The first-order valence-electron chi connectivity index (χ1n) is 12.8. The molecule has 1 aliphatic carbocycles. The molecule has 0 fully saturated rings. The maximum absolute atomic E-state index is 12.9. The van der Waals surface area contributed by atoms with Crippen molar-refractivity contribution in [1.82, 2.24) is 4.90 Å². The van der Waals surface area contributed by atoms with Gasteiger partial charge in [0.1, 0.15) is 11.9 Å². The molecule has 5 nitrogen and oxygen atoms in total. The summed E-state index contributed by atoms with van der Waals surface area (Å²) in [6.07, 6.45) is 6.27. The third-order valence-corrected chi connectivity index (χ3v) is 6.79. The highest BCUT2D eigenvalue weighted by Crippen LogP contribution is 2.44. The average molecular weight is 473 g/mol. The Morgan fingerprint density at radius 1 is 0.886 bits per heavy atom. The molecule has 0 spiro atoms. The molecule has 0 aromatic heterocycles. The Balaban J connectivity index is 1.92. The van der Waals surface area contributed by atoms with Gasteiger partial charge in [-0.3, -0.25) is 0 Å². The molecule has 0 radical (unpaired) electrons. The van der Waals surface area contributed by atoms with Crippen LogP contribution in [0.2, 0.25) is 0 Å². The highest BCUT2D eigenvalue weighted by molar-refractivity contribution is 6.00. The third-order valence-electron chi connectivity index (χ3n) is 6.79. The minimum absolute atomic E-state index is 0.236. The number of benzene rings is 2. The molecule has 1 aliphatic heterocycles. The van der Waals surface area contributed by atoms with Crippen molar-refractivity contribution in [2.45, 2.75) is 40.7 Å². The summed E-state index contributed by atoms with van der Waals surface area (Å²) in [5.41, 5.74) is 6.81. The number of hydrogen-bond donors (Lipinski definition) is 0. The topological polar surface area (TPSA) is 42.0 Å². The van der Waals surface area contributed by atoms with Gasteiger partial charge in [-0.1, -0.05) is 24.3 Å². The van der Waals surface area contributed by atoms with Gasteiger partial charge < -0.3 is 19.3 Å². The van der Waals surface area contributed by atoms with Crippen molar-refractivity contribution in [1.29, 1.82) is 0 Å². The fourth-order valence-corrected chi connectivity index (χ4v) is 4.97. The van der Waals surface area contributed by atoms with Crippen LogP contribution in [-0.2, 0) is 4.74 Å². The summed E-state index contributed by atoms with van der Waals surface area (Å²) in [4.78, 5) is 17.5. The van der Waals surface area contributed by atoms with Gasteiger partial charge in [-0.15, -0.1) is 0 Å². The van der Waals surface area contributed by atoms with Gasteiger partial charge in [0.25, 0.3) is 0 Å². The highest BCUT2D eigenvalue weighted by atomic mass is 16.5. The molecule has 1 unspecified atom stereocenters. The van der Waals surface area contributed by atoms with Crippen molar-refractivity contribution in [2.75, 3.05) is 37.7 Å². The first-order chi connectivity index (χ1) is 17.1. The molecule has 2 aromatic carbocycles. The van der Waals surface area contributed by atoms with Crippen LogP contribution in [0.25, 0.3) is 5.57 Å². The molecule has 1 heterocycles. The summed E-state index contributed by atoms with van der Waals surface area (Å²) in [6.45, 7) is 14.5. The van der Waals surface area contributed by atoms with E-state index in [0.717, 1.165) is 65.6 Å². The molecule has 35 heavy (non-hydrogen) atoms. The van der Waals surface area contributed by atoms with Crippen molar-refractivity contribution >= 4 is 17.2 Å². The number of esters is 1. The Kier molecular flexibility index (Phi) is 7.64. The second kappa shape index (κ2) is 10.9. The lowest BCUT2D eigenvalue weighted by Crippen LogP contribution is -2.30. The molecule has 4 rings (SSSR count). The van der Waals surface area contributed by atoms with Crippen LogP contribution >= 0.6 is 0 Å². The van der Waals surface area contributed by atoms with E-state index in [9.17, 15) is 4.79 Å². The van der Waals surface area contributed by atoms with Crippen molar-refractivity contribution < 1.29 is 14.3 Å². The van der Waals surface area contributed by atoms with Crippen LogP contribution in [0, 0.1) is 0 Å². The van der Waals surface area contributed by atoms with E-state index in [4.69, 9.17) is 9.47 Å². The Labute approximate surface area is 209 Å². The lowest BCUT2D eigenvalue weighted by molar-refractivity contribution is 0.0526. The molecule has 184 valence electrons. The van der Waals surface area contributed by atoms with E-state index in [1.54, 1.807) is 0 Å². The van der Waals surface area contributed by atoms with E-state index >= 15 is 0 Å². The average Bonchev–Trinajstić information content (AvgIpc) is 2.88. The van der Waals surface area contributed by atoms with Gasteiger partial charge in [-0.2, -0.15) is 0 Å². The predicted octanol–water partition coefficient (Wildman–Crippen LogP) is 6.07. The Bertz CT molecular complexity index is 1170. The van der Waals surface area contributed by atoms with Crippen LogP contribution in [0.1, 0.15) is 56.1 Å². The van der Waals surface area contributed by atoms with Gasteiger partial charge in [0.15, 0.2) is 0 Å². The van der Waals surface area contributed by atoms with Gasteiger partial charge in [-0.25, -0.2) is 4.79 Å². The monoisotopic (exact) mass is 472 g/mol. The lowest BCUT2D eigenvalue weighted by atomic mass is 9.83. The van der Waals surface area contributed by atoms with Gasteiger partial charge in [0.2, 0.25) is 0 Å². The smallest absolute Gasteiger partial charge is 0.338 e. The molecular weight excluding hydrogens is 436 g/mol. The Morgan fingerprint density at radius 3 is 2.29 bits per heavy atom. The highest BCUT2D eigenvalue weighted by Gasteiger charge is 2.32. The largest absolute Gasteiger partial charge is 0.481 e. The number of nitrogens with zero attached hydrogens (tertiary/aromatic N) is 2. The molecule has 0 amide bonds. The fourth-order valence-electron chi connectivity index (χ4n) is 4.97. The van der Waals surface area contributed by atoms with Gasteiger partial charge in [0.05, 0.1) is 12.2 Å². The summed E-state index contributed by atoms with van der Waals surface area (Å²) in [5, 5.41) is 0. The maximum atomic E-state index is 12.9. The van der Waals surface area contributed by atoms with Crippen LogP contribution in [-0.4, -0.2) is 49.8 Å². The number of hydrogen-bond acceptors (Lipinski definition) is 5. The van der Waals surface area contributed by atoms with Gasteiger partial charge in [-0.05, 0) is 70.5 Å². The molecule has 0 bridgehead atoms. The first kappa shape index (κ1) is 24.6. The quantitative estimate of drug-likeness (QED) is 0.415. The summed E-state index contributed by atoms with van der Waals surface area (Å²) in [7, 11) is 0. The Hall–Kier alpha value is -3.47. The van der Waals surface area contributed by atoms with Crippen molar-refractivity contribution in [2.24, 2.45) is 0 Å².